The first-order chi connectivity index (χ1) is 9.05. The largest absolute Gasteiger partial charge is 0.416 e. The number of alkyl halides is 3. The van der Waals surface area contributed by atoms with E-state index in [2.05, 4.69) is 15.3 Å². The Morgan fingerprint density at radius 1 is 1.26 bits per heavy atom. The zero-order valence-electron chi connectivity index (χ0n) is 10.2. The van der Waals surface area contributed by atoms with E-state index in [0.717, 1.165) is 18.2 Å². The van der Waals surface area contributed by atoms with Crippen LogP contribution in [0.5, 0.6) is 0 Å². The normalized spacial score (nSPS) is 11.7. The zero-order valence-corrected chi connectivity index (χ0v) is 10.2. The number of aromatic amines is 1. The van der Waals surface area contributed by atoms with E-state index in [1.807, 2.05) is 0 Å². The molecule has 1 heterocycles. The Morgan fingerprint density at radius 3 is 2.79 bits per heavy atom. The number of halogens is 3. The third kappa shape index (κ3) is 4.10. The molecule has 0 radical (unpaired) electrons. The first kappa shape index (κ1) is 13.6. The van der Waals surface area contributed by atoms with Crippen LogP contribution in [-0.4, -0.2) is 16.5 Å². The predicted octanol–water partition coefficient (Wildman–Crippen LogP) is 2.76. The second-order valence-corrected chi connectivity index (χ2v) is 4.20. The summed E-state index contributed by atoms with van der Waals surface area (Å²) in [7, 11) is 0. The molecule has 0 aliphatic carbocycles. The quantitative estimate of drug-likeness (QED) is 0.819. The monoisotopic (exact) mass is 269 g/mol. The lowest BCUT2D eigenvalue weighted by Crippen LogP contribution is -2.17. The Kier molecular flexibility index (Phi) is 4.21. The Hall–Kier alpha value is -1.82. The molecule has 1 aromatic heterocycles. The van der Waals surface area contributed by atoms with Crippen molar-refractivity contribution in [1.82, 2.24) is 15.3 Å². The molecule has 2 N–H and O–H groups in total. The number of aromatic nitrogens is 2. The van der Waals surface area contributed by atoms with Gasteiger partial charge in [-0.15, -0.1) is 0 Å². The highest BCUT2D eigenvalue weighted by Gasteiger charge is 2.30. The molecule has 19 heavy (non-hydrogen) atoms. The summed E-state index contributed by atoms with van der Waals surface area (Å²) < 4.78 is 37.5. The van der Waals surface area contributed by atoms with Gasteiger partial charge in [-0.2, -0.15) is 13.2 Å². The molecule has 0 fully saturated rings. The molecule has 2 rings (SSSR count). The number of rotatable bonds is 5. The summed E-state index contributed by atoms with van der Waals surface area (Å²) in [5, 5.41) is 3.10. The Bertz CT molecular complexity index is 506. The van der Waals surface area contributed by atoms with Crippen molar-refractivity contribution in [2.24, 2.45) is 0 Å². The van der Waals surface area contributed by atoms with Crippen molar-refractivity contribution in [3.8, 4) is 0 Å². The Labute approximate surface area is 108 Å². The van der Waals surface area contributed by atoms with Gasteiger partial charge in [-0.3, -0.25) is 0 Å². The van der Waals surface area contributed by atoms with Crippen molar-refractivity contribution < 1.29 is 13.2 Å². The minimum Gasteiger partial charge on any atom is -0.348 e. The molecule has 3 nitrogen and oxygen atoms in total. The molecule has 0 aliphatic heterocycles. The van der Waals surface area contributed by atoms with Crippen LogP contribution in [0.25, 0.3) is 0 Å². The van der Waals surface area contributed by atoms with E-state index in [-0.39, 0.29) is 0 Å². The summed E-state index contributed by atoms with van der Waals surface area (Å²) in [6.07, 6.45) is -0.195. The second kappa shape index (κ2) is 5.88. The number of H-pyrrole nitrogens is 1. The molecule has 0 amide bonds. The van der Waals surface area contributed by atoms with Crippen molar-refractivity contribution in [3.05, 3.63) is 53.6 Å². The summed E-state index contributed by atoms with van der Waals surface area (Å²) in [5.41, 5.74) is 1.01. The van der Waals surface area contributed by atoms with E-state index in [1.165, 1.54) is 12.1 Å². The molecule has 0 aliphatic rings. The standard InChI is InChI=1S/C13H14F3N3/c14-13(15,16)11-3-1-2-10(6-11)7-17-5-4-12-8-18-9-19-12/h1-3,6,8-9,17H,4-5,7H2,(H,18,19). The summed E-state index contributed by atoms with van der Waals surface area (Å²) in [5.74, 6) is 0. The first-order valence-corrected chi connectivity index (χ1v) is 5.90. The fourth-order valence-corrected chi connectivity index (χ4v) is 1.73. The van der Waals surface area contributed by atoms with Gasteiger partial charge in [0.1, 0.15) is 0 Å². The van der Waals surface area contributed by atoms with Crippen LogP contribution < -0.4 is 5.32 Å². The lowest BCUT2D eigenvalue weighted by Gasteiger charge is -2.09. The van der Waals surface area contributed by atoms with Gasteiger partial charge in [-0.1, -0.05) is 18.2 Å². The van der Waals surface area contributed by atoms with E-state index in [0.29, 0.717) is 18.7 Å². The molecule has 0 saturated heterocycles. The van der Waals surface area contributed by atoms with E-state index in [1.54, 1.807) is 18.6 Å². The van der Waals surface area contributed by atoms with Gasteiger partial charge in [0.25, 0.3) is 0 Å². The average molecular weight is 269 g/mol. The van der Waals surface area contributed by atoms with Gasteiger partial charge >= 0.3 is 6.18 Å². The van der Waals surface area contributed by atoms with Crippen molar-refractivity contribution in [2.45, 2.75) is 19.1 Å². The van der Waals surface area contributed by atoms with Gasteiger partial charge < -0.3 is 10.3 Å². The van der Waals surface area contributed by atoms with Crippen LogP contribution in [0, 0.1) is 0 Å². The molecule has 0 bridgehead atoms. The number of hydrogen-bond acceptors (Lipinski definition) is 2. The SMILES string of the molecule is FC(F)(F)c1cccc(CNCCc2cnc[nH]2)c1. The fourth-order valence-electron chi connectivity index (χ4n) is 1.73. The van der Waals surface area contributed by atoms with Gasteiger partial charge in [0.2, 0.25) is 0 Å². The van der Waals surface area contributed by atoms with E-state index in [9.17, 15) is 13.2 Å². The molecule has 0 spiro atoms. The van der Waals surface area contributed by atoms with Crippen LogP contribution in [0.2, 0.25) is 0 Å². The minimum atomic E-state index is -4.29. The number of hydrogen-bond donors (Lipinski definition) is 2. The molecular formula is C13H14F3N3. The van der Waals surface area contributed by atoms with Gasteiger partial charge in [0.05, 0.1) is 11.9 Å². The highest BCUT2D eigenvalue weighted by Crippen LogP contribution is 2.29. The summed E-state index contributed by atoms with van der Waals surface area (Å²) in [4.78, 5) is 6.85. The third-order valence-electron chi connectivity index (χ3n) is 2.71. The molecule has 2 aromatic rings. The third-order valence-corrected chi connectivity index (χ3v) is 2.71. The van der Waals surface area contributed by atoms with Gasteiger partial charge in [-0.05, 0) is 11.6 Å². The van der Waals surface area contributed by atoms with Gasteiger partial charge in [0, 0.05) is 31.4 Å². The maximum atomic E-state index is 12.5. The molecule has 0 unspecified atom stereocenters. The first-order valence-electron chi connectivity index (χ1n) is 5.90. The Balaban J connectivity index is 1.83. The molecular weight excluding hydrogens is 255 g/mol. The van der Waals surface area contributed by atoms with Crippen molar-refractivity contribution in [3.63, 3.8) is 0 Å². The van der Waals surface area contributed by atoms with Crippen LogP contribution in [0.1, 0.15) is 16.8 Å². The number of nitrogens with one attached hydrogen (secondary N) is 2. The summed E-state index contributed by atoms with van der Waals surface area (Å²) in [6, 6.07) is 5.35. The van der Waals surface area contributed by atoms with Crippen molar-refractivity contribution in [1.29, 1.82) is 0 Å². The second-order valence-electron chi connectivity index (χ2n) is 4.20. The van der Waals surface area contributed by atoms with E-state index in [4.69, 9.17) is 0 Å². The van der Waals surface area contributed by atoms with Gasteiger partial charge in [0.15, 0.2) is 0 Å². The molecule has 6 heteroatoms. The highest BCUT2D eigenvalue weighted by molar-refractivity contribution is 5.25. The van der Waals surface area contributed by atoms with Crippen LogP contribution in [0.3, 0.4) is 0 Å². The smallest absolute Gasteiger partial charge is 0.348 e. The summed E-state index contributed by atoms with van der Waals surface area (Å²) in [6.45, 7) is 1.09. The molecule has 1 aromatic carbocycles. The number of imidazole rings is 1. The minimum absolute atomic E-state index is 0.415. The number of benzene rings is 1. The maximum absolute atomic E-state index is 12.5. The average Bonchev–Trinajstić information content (AvgIpc) is 2.87. The van der Waals surface area contributed by atoms with Crippen LogP contribution in [0.15, 0.2) is 36.8 Å². The van der Waals surface area contributed by atoms with Crippen LogP contribution >= 0.6 is 0 Å². The van der Waals surface area contributed by atoms with Crippen LogP contribution in [0.4, 0.5) is 13.2 Å². The maximum Gasteiger partial charge on any atom is 0.416 e. The highest BCUT2D eigenvalue weighted by atomic mass is 19.4. The fraction of sp³-hybridized carbons (Fsp3) is 0.308. The topological polar surface area (TPSA) is 40.7 Å². The van der Waals surface area contributed by atoms with Gasteiger partial charge in [-0.25, -0.2) is 4.98 Å². The van der Waals surface area contributed by atoms with E-state index >= 15 is 0 Å². The lowest BCUT2D eigenvalue weighted by molar-refractivity contribution is -0.137. The summed E-state index contributed by atoms with van der Waals surface area (Å²) >= 11 is 0. The van der Waals surface area contributed by atoms with E-state index < -0.39 is 11.7 Å². The zero-order chi connectivity index (χ0) is 13.7. The molecule has 0 saturated carbocycles. The predicted molar refractivity (Wildman–Crippen MR) is 65.4 cm³/mol. The molecule has 0 atom stereocenters. The molecule has 102 valence electrons. The van der Waals surface area contributed by atoms with Crippen molar-refractivity contribution in [2.75, 3.05) is 6.54 Å². The van der Waals surface area contributed by atoms with Crippen molar-refractivity contribution >= 4 is 0 Å². The van der Waals surface area contributed by atoms with Crippen LogP contribution in [-0.2, 0) is 19.1 Å². The lowest BCUT2D eigenvalue weighted by atomic mass is 10.1. The Morgan fingerprint density at radius 2 is 2.11 bits per heavy atom. The number of nitrogens with zero attached hydrogens (tertiary/aromatic N) is 1.